The van der Waals surface area contributed by atoms with Crippen LogP contribution in [0.2, 0.25) is 5.02 Å². The first kappa shape index (κ1) is 20.6. The van der Waals surface area contributed by atoms with Gasteiger partial charge in [-0.3, -0.25) is 24.6 Å². The molecular formula is C19H20ClN5O4. The molecule has 2 aromatic carbocycles. The topological polar surface area (TPSA) is 122 Å². The van der Waals surface area contributed by atoms with Crippen LogP contribution in [-0.2, 0) is 4.79 Å². The Balaban J connectivity index is 1.60. The summed E-state index contributed by atoms with van der Waals surface area (Å²) in [6, 6.07) is 11.2. The minimum Gasteiger partial charge on any atom is -0.366 e. The van der Waals surface area contributed by atoms with Crippen molar-refractivity contribution in [3.63, 3.8) is 0 Å². The lowest BCUT2D eigenvalue weighted by atomic mass is 10.1. The number of nitrogens with zero attached hydrogens (tertiary/aromatic N) is 3. The summed E-state index contributed by atoms with van der Waals surface area (Å²) >= 11 is 6.05. The van der Waals surface area contributed by atoms with Crippen LogP contribution in [0.1, 0.15) is 10.4 Å². The monoisotopic (exact) mass is 417 g/mol. The van der Waals surface area contributed by atoms with Crippen molar-refractivity contribution < 1.29 is 14.5 Å². The Kier molecular flexibility index (Phi) is 6.30. The Morgan fingerprint density at radius 2 is 1.83 bits per heavy atom. The van der Waals surface area contributed by atoms with E-state index in [0.29, 0.717) is 42.6 Å². The lowest BCUT2D eigenvalue weighted by Gasteiger charge is -2.35. The molecule has 3 rings (SSSR count). The number of hydrogen-bond donors (Lipinski definition) is 2. The maximum Gasteiger partial charge on any atom is 0.293 e. The second kappa shape index (κ2) is 8.89. The zero-order valence-corrected chi connectivity index (χ0v) is 16.3. The van der Waals surface area contributed by atoms with E-state index < -0.39 is 10.8 Å². The van der Waals surface area contributed by atoms with Crippen LogP contribution in [0.5, 0.6) is 0 Å². The Labute approximate surface area is 172 Å². The highest BCUT2D eigenvalue weighted by Gasteiger charge is 2.25. The molecule has 2 amide bonds. The number of carbonyl (C=O) groups excluding carboxylic acids is 2. The van der Waals surface area contributed by atoms with E-state index in [4.69, 9.17) is 17.3 Å². The molecule has 1 heterocycles. The van der Waals surface area contributed by atoms with E-state index in [9.17, 15) is 19.7 Å². The fourth-order valence-corrected chi connectivity index (χ4v) is 3.38. The number of nitrogens with two attached hydrogens (primary N) is 1. The number of halogens is 1. The molecule has 10 heteroatoms. The number of piperazine rings is 1. The van der Waals surface area contributed by atoms with Gasteiger partial charge in [0.15, 0.2) is 0 Å². The van der Waals surface area contributed by atoms with Crippen molar-refractivity contribution in [3.05, 3.63) is 63.2 Å². The number of nitro benzene ring substituents is 1. The smallest absolute Gasteiger partial charge is 0.293 e. The molecule has 29 heavy (non-hydrogen) atoms. The molecule has 0 bridgehead atoms. The Morgan fingerprint density at radius 3 is 2.45 bits per heavy atom. The van der Waals surface area contributed by atoms with Gasteiger partial charge in [0.25, 0.3) is 5.69 Å². The van der Waals surface area contributed by atoms with Gasteiger partial charge in [0.2, 0.25) is 11.8 Å². The maximum atomic E-state index is 12.3. The summed E-state index contributed by atoms with van der Waals surface area (Å²) in [5.74, 6) is -0.891. The molecule has 1 fully saturated rings. The van der Waals surface area contributed by atoms with Gasteiger partial charge in [0.1, 0.15) is 5.69 Å². The number of rotatable bonds is 6. The van der Waals surface area contributed by atoms with Crippen molar-refractivity contribution in [1.29, 1.82) is 0 Å². The highest BCUT2D eigenvalue weighted by atomic mass is 35.5. The van der Waals surface area contributed by atoms with Crippen LogP contribution < -0.4 is 16.0 Å². The van der Waals surface area contributed by atoms with Crippen LogP contribution in [0.15, 0.2) is 42.5 Å². The summed E-state index contributed by atoms with van der Waals surface area (Å²) in [6.45, 7) is 2.34. The summed E-state index contributed by atoms with van der Waals surface area (Å²) in [5, 5.41) is 14.7. The number of nitrogens with one attached hydrogen (secondary N) is 1. The number of carbonyl (C=O) groups is 2. The van der Waals surface area contributed by atoms with E-state index in [0.717, 1.165) is 0 Å². The molecule has 1 saturated heterocycles. The summed E-state index contributed by atoms with van der Waals surface area (Å²) in [7, 11) is 0. The Bertz CT molecular complexity index is 944. The molecule has 2 aromatic rings. The van der Waals surface area contributed by atoms with Crippen LogP contribution in [-0.4, -0.2) is 54.4 Å². The van der Waals surface area contributed by atoms with E-state index in [1.165, 1.54) is 18.2 Å². The molecule has 1 aliphatic rings. The van der Waals surface area contributed by atoms with Gasteiger partial charge in [-0.2, -0.15) is 0 Å². The van der Waals surface area contributed by atoms with Crippen molar-refractivity contribution >= 4 is 40.5 Å². The van der Waals surface area contributed by atoms with Crippen LogP contribution in [0.3, 0.4) is 0 Å². The van der Waals surface area contributed by atoms with Gasteiger partial charge in [0, 0.05) is 37.8 Å². The van der Waals surface area contributed by atoms with Crippen LogP contribution in [0.4, 0.5) is 17.1 Å². The second-order valence-corrected chi connectivity index (χ2v) is 7.02. The van der Waals surface area contributed by atoms with Crippen LogP contribution in [0.25, 0.3) is 0 Å². The number of anilines is 2. The van der Waals surface area contributed by atoms with Gasteiger partial charge < -0.3 is 16.0 Å². The number of nitro groups is 1. The average Bonchev–Trinajstić information content (AvgIpc) is 2.70. The highest BCUT2D eigenvalue weighted by Crippen LogP contribution is 2.30. The van der Waals surface area contributed by atoms with Crippen LogP contribution >= 0.6 is 11.6 Å². The standard InChI is InChI=1S/C19H20ClN5O4/c20-14-3-1-2-4-15(14)22-18(26)12-23-7-9-24(10-8-23)16-6-5-13(19(21)27)11-17(16)25(28)29/h1-6,11H,7-10,12H2,(H2,21,27)(H,22,26). The minimum atomic E-state index is -0.714. The van der Waals surface area contributed by atoms with E-state index in [-0.39, 0.29) is 23.7 Å². The quantitative estimate of drug-likeness (QED) is 0.548. The average molecular weight is 418 g/mol. The number of para-hydroxylation sites is 1. The zero-order valence-electron chi connectivity index (χ0n) is 15.5. The molecule has 0 aromatic heterocycles. The number of benzene rings is 2. The molecule has 152 valence electrons. The van der Waals surface area contributed by atoms with Crippen molar-refractivity contribution in [2.75, 3.05) is 42.9 Å². The fraction of sp³-hybridized carbons (Fsp3) is 0.263. The number of amides is 2. The normalized spacial score (nSPS) is 14.4. The third-order valence-electron chi connectivity index (χ3n) is 4.68. The molecule has 3 N–H and O–H groups in total. The largest absolute Gasteiger partial charge is 0.366 e. The molecule has 0 aliphatic carbocycles. The van der Waals surface area contributed by atoms with Crippen molar-refractivity contribution in [3.8, 4) is 0 Å². The van der Waals surface area contributed by atoms with Crippen molar-refractivity contribution in [2.45, 2.75) is 0 Å². The maximum absolute atomic E-state index is 12.3. The SMILES string of the molecule is NC(=O)c1ccc(N2CCN(CC(=O)Nc3ccccc3Cl)CC2)c([N+](=O)[O-])c1. The third-order valence-corrected chi connectivity index (χ3v) is 5.01. The molecule has 1 aliphatic heterocycles. The first-order chi connectivity index (χ1) is 13.8. The summed E-state index contributed by atoms with van der Waals surface area (Å²) < 4.78 is 0. The third kappa shape index (κ3) is 5.01. The van der Waals surface area contributed by atoms with Gasteiger partial charge in [-0.15, -0.1) is 0 Å². The lowest BCUT2D eigenvalue weighted by Crippen LogP contribution is -2.48. The van der Waals surface area contributed by atoms with Gasteiger partial charge in [0.05, 0.1) is 22.2 Å². The van der Waals surface area contributed by atoms with E-state index in [1.807, 2.05) is 9.80 Å². The van der Waals surface area contributed by atoms with E-state index in [1.54, 1.807) is 24.3 Å². The molecular weight excluding hydrogens is 398 g/mol. The lowest BCUT2D eigenvalue weighted by molar-refractivity contribution is -0.384. The van der Waals surface area contributed by atoms with Crippen LogP contribution in [0, 0.1) is 10.1 Å². The molecule has 0 radical (unpaired) electrons. The molecule has 0 unspecified atom stereocenters. The predicted octanol–water partition coefficient (Wildman–Crippen LogP) is 2.11. The predicted molar refractivity (Wildman–Crippen MR) is 110 cm³/mol. The fourth-order valence-electron chi connectivity index (χ4n) is 3.19. The van der Waals surface area contributed by atoms with Gasteiger partial charge in [-0.1, -0.05) is 23.7 Å². The first-order valence-corrected chi connectivity index (χ1v) is 9.33. The van der Waals surface area contributed by atoms with Gasteiger partial charge >= 0.3 is 0 Å². The first-order valence-electron chi connectivity index (χ1n) is 8.95. The molecule has 0 saturated carbocycles. The van der Waals surface area contributed by atoms with Gasteiger partial charge in [-0.25, -0.2) is 0 Å². The van der Waals surface area contributed by atoms with Gasteiger partial charge in [-0.05, 0) is 24.3 Å². The molecule has 9 nitrogen and oxygen atoms in total. The minimum absolute atomic E-state index is 0.0929. The van der Waals surface area contributed by atoms with Crippen molar-refractivity contribution in [1.82, 2.24) is 4.90 Å². The second-order valence-electron chi connectivity index (χ2n) is 6.62. The van der Waals surface area contributed by atoms with Crippen molar-refractivity contribution in [2.24, 2.45) is 5.73 Å². The molecule has 0 atom stereocenters. The number of hydrogen-bond acceptors (Lipinski definition) is 6. The summed E-state index contributed by atoms with van der Waals surface area (Å²) in [6.07, 6.45) is 0. The van der Waals surface area contributed by atoms with E-state index in [2.05, 4.69) is 5.32 Å². The zero-order chi connectivity index (χ0) is 21.0. The Hall–Kier alpha value is -3.17. The molecule has 0 spiro atoms. The van der Waals surface area contributed by atoms with E-state index >= 15 is 0 Å². The number of primary amides is 1. The summed E-state index contributed by atoms with van der Waals surface area (Å²) in [5.41, 5.74) is 6.13. The summed E-state index contributed by atoms with van der Waals surface area (Å²) in [4.78, 5) is 38.3. The Morgan fingerprint density at radius 1 is 1.14 bits per heavy atom. The highest BCUT2D eigenvalue weighted by molar-refractivity contribution is 6.33.